The Hall–Kier alpha value is -4.89. The van der Waals surface area contributed by atoms with E-state index in [2.05, 4.69) is 82.8 Å². The fourth-order valence-corrected chi connectivity index (χ4v) is 5.32. The molecule has 43 heavy (non-hydrogen) atoms. The Kier molecular flexibility index (Phi) is 8.24. The van der Waals surface area contributed by atoms with Crippen LogP contribution in [0.2, 0.25) is 0 Å². The summed E-state index contributed by atoms with van der Waals surface area (Å²) in [5, 5.41) is 4.75. The Morgan fingerprint density at radius 1 is 0.581 bits per heavy atom. The van der Waals surface area contributed by atoms with Crippen molar-refractivity contribution < 1.29 is 24.5 Å². The van der Waals surface area contributed by atoms with Crippen molar-refractivity contribution in [1.82, 2.24) is 9.97 Å². The third-order valence-corrected chi connectivity index (χ3v) is 7.35. The standard InChI is InChI=1S/C27H16NO.C12H10N.Ir/c1-2-13-25-23(9-1)27-22-11-6-10-20(21(22)14-15-26(27)29-25)18-7-5-8-19(17-18)24-12-3-4-16-28-24;1-10-7-8-12(13-9-10)11-5-3-2-4-6-11;/h1-7,9-17H;2-5,7-9H,1H3;/q2*-1;. The maximum absolute atomic E-state index is 6.07. The van der Waals surface area contributed by atoms with Crippen LogP contribution in [-0.2, 0) is 20.1 Å². The van der Waals surface area contributed by atoms with Gasteiger partial charge in [0.2, 0.25) is 0 Å². The summed E-state index contributed by atoms with van der Waals surface area (Å²) >= 11 is 0. The molecule has 3 heterocycles. The third-order valence-electron chi connectivity index (χ3n) is 7.35. The maximum atomic E-state index is 6.07. The molecule has 0 spiro atoms. The molecule has 0 aliphatic heterocycles. The van der Waals surface area contributed by atoms with Gasteiger partial charge in [-0.3, -0.25) is 0 Å². The first-order chi connectivity index (χ1) is 20.7. The van der Waals surface area contributed by atoms with Crippen LogP contribution in [0.1, 0.15) is 5.56 Å². The average molecular weight is 731 g/mol. The minimum atomic E-state index is 0. The number of hydrogen-bond acceptors (Lipinski definition) is 3. The monoisotopic (exact) mass is 731 g/mol. The number of benzene rings is 5. The summed E-state index contributed by atoms with van der Waals surface area (Å²) in [5.74, 6) is 0. The molecular weight excluding hydrogens is 705 g/mol. The minimum absolute atomic E-state index is 0. The van der Waals surface area contributed by atoms with E-state index in [0.717, 1.165) is 44.6 Å². The van der Waals surface area contributed by atoms with Crippen molar-refractivity contribution in [3.63, 3.8) is 0 Å². The van der Waals surface area contributed by atoms with Crippen molar-refractivity contribution in [2.24, 2.45) is 0 Å². The predicted octanol–water partition coefficient (Wildman–Crippen LogP) is 10.1. The van der Waals surface area contributed by atoms with Crippen LogP contribution >= 0.6 is 0 Å². The summed E-state index contributed by atoms with van der Waals surface area (Å²) in [6.45, 7) is 2.03. The van der Waals surface area contributed by atoms with E-state index < -0.39 is 0 Å². The van der Waals surface area contributed by atoms with Gasteiger partial charge in [-0.2, -0.15) is 0 Å². The number of para-hydroxylation sites is 1. The summed E-state index contributed by atoms with van der Waals surface area (Å²) in [5.41, 5.74) is 9.32. The van der Waals surface area contributed by atoms with Gasteiger partial charge in [-0.15, -0.1) is 71.3 Å². The van der Waals surface area contributed by atoms with Gasteiger partial charge in [0.05, 0.1) is 0 Å². The number of furan rings is 1. The molecule has 0 bridgehead atoms. The van der Waals surface area contributed by atoms with E-state index in [1.54, 1.807) is 0 Å². The molecular formula is C39H26IrN2O-2. The molecule has 8 rings (SSSR count). The zero-order valence-corrected chi connectivity index (χ0v) is 25.8. The van der Waals surface area contributed by atoms with Gasteiger partial charge < -0.3 is 14.4 Å². The Labute approximate surface area is 264 Å². The van der Waals surface area contributed by atoms with E-state index >= 15 is 0 Å². The van der Waals surface area contributed by atoms with E-state index in [-0.39, 0.29) is 20.1 Å². The fraction of sp³-hybridized carbons (Fsp3) is 0.0256. The molecule has 1 radical (unpaired) electrons. The van der Waals surface area contributed by atoms with Crippen molar-refractivity contribution >= 4 is 32.7 Å². The van der Waals surface area contributed by atoms with Gasteiger partial charge in [0.15, 0.2) is 0 Å². The van der Waals surface area contributed by atoms with Crippen LogP contribution in [0.4, 0.5) is 0 Å². The molecule has 0 fully saturated rings. The Morgan fingerprint density at radius 3 is 2.21 bits per heavy atom. The van der Waals surface area contributed by atoms with Gasteiger partial charge in [0, 0.05) is 43.3 Å². The Morgan fingerprint density at radius 2 is 1.40 bits per heavy atom. The fourth-order valence-electron chi connectivity index (χ4n) is 5.32. The summed E-state index contributed by atoms with van der Waals surface area (Å²) in [6.07, 6.45) is 3.69. The van der Waals surface area contributed by atoms with E-state index in [4.69, 9.17) is 4.42 Å². The molecule has 3 nitrogen and oxygen atoms in total. The van der Waals surface area contributed by atoms with E-state index in [1.807, 2.05) is 86.0 Å². The van der Waals surface area contributed by atoms with Crippen LogP contribution < -0.4 is 0 Å². The van der Waals surface area contributed by atoms with Crippen molar-refractivity contribution in [3.05, 3.63) is 157 Å². The molecule has 0 atom stereocenters. The van der Waals surface area contributed by atoms with Crippen LogP contribution in [0.5, 0.6) is 0 Å². The van der Waals surface area contributed by atoms with Gasteiger partial charge in [-0.1, -0.05) is 66.7 Å². The first kappa shape index (κ1) is 28.2. The number of pyridine rings is 2. The number of nitrogens with zero attached hydrogens (tertiary/aromatic N) is 2. The normalized spacial score (nSPS) is 10.7. The predicted molar refractivity (Wildman–Crippen MR) is 172 cm³/mol. The van der Waals surface area contributed by atoms with Gasteiger partial charge in [0.1, 0.15) is 11.2 Å². The zero-order valence-electron chi connectivity index (χ0n) is 23.4. The molecule has 3 aromatic heterocycles. The summed E-state index contributed by atoms with van der Waals surface area (Å²) in [6, 6.07) is 49.5. The Balaban J connectivity index is 0.000000199. The van der Waals surface area contributed by atoms with Crippen LogP contribution in [0.25, 0.3) is 66.4 Å². The summed E-state index contributed by atoms with van der Waals surface area (Å²) in [7, 11) is 0. The van der Waals surface area contributed by atoms with Crippen LogP contribution in [-0.4, -0.2) is 9.97 Å². The largest absolute Gasteiger partial charge is 0.456 e. The average Bonchev–Trinajstić information content (AvgIpc) is 3.45. The second kappa shape index (κ2) is 12.5. The molecule has 0 amide bonds. The second-order valence-corrected chi connectivity index (χ2v) is 10.1. The van der Waals surface area contributed by atoms with Crippen LogP contribution in [0.15, 0.2) is 144 Å². The molecule has 209 valence electrons. The quantitative estimate of drug-likeness (QED) is 0.170. The number of fused-ring (bicyclic) bond motifs is 5. The SMILES string of the molecule is Cc1ccc(-c2[c-]cccc2)nc1.[Ir].[c-]1ccc(-c2cccc3c2ccc2oc4ccccc4c23)cc1-c1ccccn1. The maximum Gasteiger partial charge on any atom is 0.136 e. The minimum Gasteiger partial charge on any atom is -0.456 e. The molecule has 4 heteroatoms. The second-order valence-electron chi connectivity index (χ2n) is 10.1. The van der Waals surface area contributed by atoms with Gasteiger partial charge >= 0.3 is 0 Å². The summed E-state index contributed by atoms with van der Waals surface area (Å²) < 4.78 is 6.07. The first-order valence-electron chi connectivity index (χ1n) is 13.9. The van der Waals surface area contributed by atoms with Crippen molar-refractivity contribution in [2.75, 3.05) is 0 Å². The molecule has 0 N–H and O–H groups in total. The van der Waals surface area contributed by atoms with Gasteiger partial charge in [-0.25, -0.2) is 0 Å². The van der Waals surface area contributed by atoms with Gasteiger partial charge in [0.25, 0.3) is 0 Å². The molecule has 0 saturated carbocycles. The van der Waals surface area contributed by atoms with E-state index in [9.17, 15) is 0 Å². The molecule has 5 aromatic carbocycles. The van der Waals surface area contributed by atoms with Crippen LogP contribution in [0.3, 0.4) is 0 Å². The molecule has 0 saturated heterocycles. The number of hydrogen-bond donors (Lipinski definition) is 0. The topological polar surface area (TPSA) is 38.9 Å². The van der Waals surface area contributed by atoms with Crippen molar-refractivity contribution in [3.8, 4) is 33.6 Å². The Bertz CT molecular complexity index is 2140. The third kappa shape index (κ3) is 5.76. The zero-order chi connectivity index (χ0) is 28.3. The first-order valence-corrected chi connectivity index (χ1v) is 13.9. The molecule has 0 aliphatic rings. The number of aryl methyl sites for hydroxylation is 1. The number of aromatic nitrogens is 2. The molecule has 0 aliphatic carbocycles. The molecule has 0 unspecified atom stereocenters. The molecule has 8 aromatic rings. The summed E-state index contributed by atoms with van der Waals surface area (Å²) in [4.78, 5) is 8.79. The van der Waals surface area contributed by atoms with Gasteiger partial charge in [-0.05, 0) is 58.4 Å². The smallest absolute Gasteiger partial charge is 0.136 e. The number of rotatable bonds is 3. The van der Waals surface area contributed by atoms with Crippen LogP contribution in [0, 0.1) is 19.1 Å². The van der Waals surface area contributed by atoms with E-state index in [1.165, 1.54) is 27.3 Å². The van der Waals surface area contributed by atoms with E-state index in [0.29, 0.717) is 0 Å². The van der Waals surface area contributed by atoms with Crippen molar-refractivity contribution in [1.29, 1.82) is 0 Å². The van der Waals surface area contributed by atoms with Crippen molar-refractivity contribution in [2.45, 2.75) is 6.92 Å².